The molecular weight excluding hydrogens is 260 g/mol. The number of nitrogens with two attached hydrogens (primary N) is 1. The molecule has 1 aliphatic heterocycles. The Kier molecular flexibility index (Phi) is 10.3. The summed E-state index contributed by atoms with van der Waals surface area (Å²) in [7, 11) is 0. The minimum absolute atomic E-state index is 0.357. The molecule has 3 nitrogen and oxygen atoms in total. The van der Waals surface area contributed by atoms with Gasteiger partial charge in [-0.15, -0.1) is 0 Å². The highest BCUT2D eigenvalue weighted by Crippen LogP contribution is 2.20. The summed E-state index contributed by atoms with van der Waals surface area (Å²) in [6, 6.07) is 1.12. The molecule has 3 heteroatoms. The molecule has 0 radical (unpaired) electrons. The molecule has 0 saturated carbocycles. The number of morpholine rings is 1. The van der Waals surface area contributed by atoms with E-state index in [9.17, 15) is 0 Å². The zero-order valence-corrected chi connectivity index (χ0v) is 14.7. The van der Waals surface area contributed by atoms with Crippen LogP contribution in [0.25, 0.3) is 0 Å². The Hall–Kier alpha value is -0.120. The zero-order valence-electron chi connectivity index (χ0n) is 14.7. The second-order valence-electron chi connectivity index (χ2n) is 6.70. The maximum atomic E-state index is 6.06. The first kappa shape index (κ1) is 18.9. The molecule has 0 spiro atoms. The van der Waals surface area contributed by atoms with Crippen LogP contribution in [0.4, 0.5) is 0 Å². The van der Waals surface area contributed by atoms with Gasteiger partial charge in [-0.2, -0.15) is 0 Å². The van der Waals surface area contributed by atoms with Crippen molar-refractivity contribution in [3.05, 3.63) is 0 Å². The minimum Gasteiger partial charge on any atom is -0.376 e. The van der Waals surface area contributed by atoms with Crippen LogP contribution in [-0.2, 0) is 4.74 Å². The van der Waals surface area contributed by atoms with Gasteiger partial charge in [-0.3, -0.25) is 4.90 Å². The Morgan fingerprint density at radius 1 is 1.10 bits per heavy atom. The van der Waals surface area contributed by atoms with E-state index in [1.807, 2.05) is 0 Å². The molecule has 0 aliphatic carbocycles. The Balaban J connectivity index is 2.25. The lowest BCUT2D eigenvalue weighted by Crippen LogP contribution is -2.55. The molecule has 1 aliphatic rings. The molecule has 2 N–H and O–H groups in total. The zero-order chi connectivity index (χ0) is 15.5. The topological polar surface area (TPSA) is 38.5 Å². The maximum Gasteiger partial charge on any atom is 0.0674 e. The van der Waals surface area contributed by atoms with E-state index >= 15 is 0 Å². The van der Waals surface area contributed by atoms with Crippen LogP contribution >= 0.6 is 0 Å². The van der Waals surface area contributed by atoms with Gasteiger partial charge in [0.1, 0.15) is 0 Å². The third-order valence-corrected chi connectivity index (χ3v) is 4.86. The first-order chi connectivity index (χ1) is 10.2. The minimum atomic E-state index is 0.357. The summed E-state index contributed by atoms with van der Waals surface area (Å²) in [5.41, 5.74) is 6.06. The van der Waals surface area contributed by atoms with Gasteiger partial charge in [-0.05, 0) is 19.8 Å². The van der Waals surface area contributed by atoms with E-state index in [0.29, 0.717) is 18.2 Å². The van der Waals surface area contributed by atoms with E-state index < -0.39 is 0 Å². The number of unbranched alkanes of at least 4 members (excludes halogenated alkanes) is 6. The molecule has 126 valence electrons. The Morgan fingerprint density at radius 2 is 1.76 bits per heavy atom. The standard InChI is InChI=1S/C18H38N2O/c1-4-6-7-8-9-10-11-12-18(13-19)20-14-16(3)21-15-17(20)5-2/h16-18H,4-15,19H2,1-3H3. The normalized spacial score (nSPS) is 25.1. The van der Waals surface area contributed by atoms with Gasteiger partial charge >= 0.3 is 0 Å². The van der Waals surface area contributed by atoms with Gasteiger partial charge in [-0.1, -0.05) is 58.8 Å². The second-order valence-corrected chi connectivity index (χ2v) is 6.70. The summed E-state index contributed by atoms with van der Waals surface area (Å²) >= 11 is 0. The molecule has 1 heterocycles. The van der Waals surface area contributed by atoms with Crippen LogP contribution in [0.3, 0.4) is 0 Å². The van der Waals surface area contributed by atoms with Gasteiger partial charge in [0.2, 0.25) is 0 Å². The summed E-state index contributed by atoms with van der Waals surface area (Å²) in [6.45, 7) is 9.44. The van der Waals surface area contributed by atoms with Crippen LogP contribution in [0.15, 0.2) is 0 Å². The monoisotopic (exact) mass is 298 g/mol. The van der Waals surface area contributed by atoms with Gasteiger partial charge in [0, 0.05) is 25.2 Å². The second kappa shape index (κ2) is 11.4. The lowest BCUT2D eigenvalue weighted by molar-refractivity contribution is -0.0724. The van der Waals surface area contributed by atoms with Crippen LogP contribution in [0.5, 0.6) is 0 Å². The molecule has 21 heavy (non-hydrogen) atoms. The molecule has 0 amide bonds. The molecule has 0 aromatic carbocycles. The molecule has 1 saturated heterocycles. The highest BCUT2D eigenvalue weighted by Gasteiger charge is 2.30. The first-order valence-electron chi connectivity index (χ1n) is 9.30. The van der Waals surface area contributed by atoms with E-state index in [-0.39, 0.29) is 0 Å². The van der Waals surface area contributed by atoms with Crippen molar-refractivity contribution in [2.45, 2.75) is 96.7 Å². The molecule has 1 rings (SSSR count). The molecule has 0 aromatic heterocycles. The highest BCUT2D eigenvalue weighted by atomic mass is 16.5. The lowest BCUT2D eigenvalue weighted by Gasteiger charge is -2.43. The van der Waals surface area contributed by atoms with Gasteiger partial charge in [-0.25, -0.2) is 0 Å². The van der Waals surface area contributed by atoms with E-state index in [1.165, 1.54) is 57.8 Å². The average molecular weight is 299 g/mol. The first-order valence-corrected chi connectivity index (χ1v) is 9.30. The van der Waals surface area contributed by atoms with E-state index in [4.69, 9.17) is 10.5 Å². The number of rotatable bonds is 11. The Morgan fingerprint density at radius 3 is 2.38 bits per heavy atom. The van der Waals surface area contributed by atoms with Crippen molar-refractivity contribution < 1.29 is 4.74 Å². The fourth-order valence-corrected chi connectivity index (χ4v) is 3.43. The van der Waals surface area contributed by atoms with Gasteiger partial charge in [0.15, 0.2) is 0 Å². The quantitative estimate of drug-likeness (QED) is 0.587. The van der Waals surface area contributed by atoms with Gasteiger partial charge in [0.25, 0.3) is 0 Å². The number of hydrogen-bond donors (Lipinski definition) is 1. The summed E-state index contributed by atoms with van der Waals surface area (Å²) < 4.78 is 5.80. The van der Waals surface area contributed by atoms with Crippen molar-refractivity contribution in [3.63, 3.8) is 0 Å². The van der Waals surface area contributed by atoms with Crippen molar-refractivity contribution in [1.82, 2.24) is 4.90 Å². The smallest absolute Gasteiger partial charge is 0.0674 e. The largest absolute Gasteiger partial charge is 0.376 e. The summed E-state index contributed by atoms with van der Waals surface area (Å²) in [5, 5.41) is 0. The van der Waals surface area contributed by atoms with Crippen LogP contribution < -0.4 is 5.73 Å². The molecule has 3 atom stereocenters. The summed E-state index contributed by atoms with van der Waals surface area (Å²) in [5.74, 6) is 0. The average Bonchev–Trinajstić information content (AvgIpc) is 2.50. The third kappa shape index (κ3) is 7.12. The van der Waals surface area contributed by atoms with Gasteiger partial charge < -0.3 is 10.5 Å². The SMILES string of the molecule is CCCCCCCCCC(CN)N1CC(C)OCC1CC. The third-order valence-electron chi connectivity index (χ3n) is 4.86. The fourth-order valence-electron chi connectivity index (χ4n) is 3.43. The number of ether oxygens (including phenoxy) is 1. The van der Waals surface area contributed by atoms with Crippen molar-refractivity contribution in [2.24, 2.45) is 5.73 Å². The van der Waals surface area contributed by atoms with Crippen molar-refractivity contribution in [2.75, 3.05) is 19.7 Å². The molecule has 3 unspecified atom stereocenters. The molecule has 1 fully saturated rings. The predicted molar refractivity (Wildman–Crippen MR) is 91.7 cm³/mol. The summed E-state index contributed by atoms with van der Waals surface area (Å²) in [4.78, 5) is 2.63. The Labute approximate surface area is 132 Å². The maximum absolute atomic E-state index is 6.06. The van der Waals surface area contributed by atoms with Crippen molar-refractivity contribution in [3.8, 4) is 0 Å². The van der Waals surface area contributed by atoms with E-state index in [0.717, 1.165) is 19.7 Å². The number of hydrogen-bond acceptors (Lipinski definition) is 3. The van der Waals surface area contributed by atoms with Gasteiger partial charge in [0.05, 0.1) is 12.7 Å². The van der Waals surface area contributed by atoms with E-state index in [2.05, 4.69) is 25.7 Å². The lowest BCUT2D eigenvalue weighted by atomic mass is 10.0. The van der Waals surface area contributed by atoms with Crippen LogP contribution in [0.1, 0.15) is 78.6 Å². The highest BCUT2D eigenvalue weighted by molar-refractivity contribution is 4.84. The van der Waals surface area contributed by atoms with Crippen LogP contribution in [0.2, 0.25) is 0 Å². The van der Waals surface area contributed by atoms with Crippen molar-refractivity contribution >= 4 is 0 Å². The Bertz CT molecular complexity index is 247. The van der Waals surface area contributed by atoms with Crippen LogP contribution in [0, 0.1) is 0 Å². The molecule has 0 aromatic rings. The van der Waals surface area contributed by atoms with Crippen molar-refractivity contribution in [1.29, 1.82) is 0 Å². The summed E-state index contributed by atoms with van der Waals surface area (Å²) in [6.07, 6.45) is 12.4. The number of nitrogens with zero attached hydrogens (tertiary/aromatic N) is 1. The fraction of sp³-hybridized carbons (Fsp3) is 1.00. The molecule has 0 bridgehead atoms. The molecular formula is C18H38N2O. The van der Waals surface area contributed by atoms with E-state index in [1.54, 1.807) is 0 Å². The van der Waals surface area contributed by atoms with Crippen LogP contribution in [-0.4, -0.2) is 42.8 Å². The predicted octanol–water partition coefficient (Wildman–Crippen LogP) is 3.95.